The Labute approximate surface area is 178 Å². The molecule has 1 aromatic carbocycles. The Morgan fingerprint density at radius 3 is 2.67 bits per heavy atom. The number of phenols is 1. The molecule has 0 spiro atoms. The molecule has 2 heterocycles. The van der Waals surface area contributed by atoms with E-state index in [1.54, 1.807) is 24.7 Å². The summed E-state index contributed by atoms with van der Waals surface area (Å²) in [7, 11) is -1.92. The first-order valence-electron chi connectivity index (χ1n) is 10.2. The second kappa shape index (κ2) is 8.27. The third-order valence-corrected chi connectivity index (χ3v) is 10.7. The van der Waals surface area contributed by atoms with Crippen LogP contribution in [-0.2, 0) is 11.0 Å². The fourth-order valence-corrected chi connectivity index (χ4v) is 4.22. The van der Waals surface area contributed by atoms with Crippen molar-refractivity contribution in [2.75, 3.05) is 6.61 Å². The summed E-state index contributed by atoms with van der Waals surface area (Å²) in [5.41, 5.74) is 6.72. The molecule has 0 fully saturated rings. The number of rotatable bonds is 8. The highest BCUT2D eigenvalue weighted by molar-refractivity contribution is 6.74. The maximum atomic E-state index is 11.5. The van der Waals surface area contributed by atoms with E-state index in [0.29, 0.717) is 6.61 Å². The third kappa shape index (κ3) is 4.76. The van der Waals surface area contributed by atoms with Crippen molar-refractivity contribution in [2.24, 2.45) is 5.73 Å². The van der Waals surface area contributed by atoms with Gasteiger partial charge < -0.3 is 24.4 Å². The molecule has 0 aliphatic rings. The number of carbonyl (C=O) groups excluding carboxylic acids is 1. The molecule has 1 unspecified atom stereocenters. The van der Waals surface area contributed by atoms with E-state index in [9.17, 15) is 9.90 Å². The number of imidazole rings is 1. The van der Waals surface area contributed by atoms with E-state index in [-0.39, 0.29) is 22.5 Å². The van der Waals surface area contributed by atoms with Crippen molar-refractivity contribution in [1.82, 2.24) is 14.1 Å². The van der Waals surface area contributed by atoms with Gasteiger partial charge in [0.15, 0.2) is 8.32 Å². The van der Waals surface area contributed by atoms with Crippen LogP contribution in [0.25, 0.3) is 10.9 Å². The van der Waals surface area contributed by atoms with Gasteiger partial charge in [0.1, 0.15) is 11.4 Å². The lowest BCUT2D eigenvalue weighted by atomic mass is 10.2. The van der Waals surface area contributed by atoms with Crippen LogP contribution in [0.1, 0.15) is 43.7 Å². The Bertz CT molecular complexity index is 1030. The van der Waals surface area contributed by atoms with Crippen molar-refractivity contribution in [1.29, 1.82) is 0 Å². The van der Waals surface area contributed by atoms with Crippen LogP contribution in [0.3, 0.4) is 0 Å². The first-order chi connectivity index (χ1) is 14.0. The number of fused-ring (bicyclic) bond motifs is 1. The molecule has 0 aliphatic heterocycles. The summed E-state index contributed by atoms with van der Waals surface area (Å²) in [6.45, 7) is 12.4. The van der Waals surface area contributed by atoms with Crippen molar-refractivity contribution in [3.63, 3.8) is 0 Å². The topological polar surface area (TPSA) is 95.3 Å². The second-order valence-corrected chi connectivity index (χ2v) is 14.1. The van der Waals surface area contributed by atoms with Crippen LogP contribution >= 0.6 is 0 Å². The van der Waals surface area contributed by atoms with Crippen molar-refractivity contribution < 1.29 is 14.3 Å². The van der Waals surface area contributed by atoms with Gasteiger partial charge in [-0.25, -0.2) is 4.98 Å². The lowest BCUT2D eigenvalue weighted by Gasteiger charge is -2.37. The van der Waals surface area contributed by atoms with Crippen molar-refractivity contribution >= 4 is 25.1 Å². The number of carbonyl (C=O) groups is 1. The number of aromatic nitrogens is 3. The molecule has 162 valence electrons. The fourth-order valence-electron chi connectivity index (χ4n) is 3.17. The summed E-state index contributed by atoms with van der Waals surface area (Å²) < 4.78 is 10.6. The molecule has 30 heavy (non-hydrogen) atoms. The van der Waals surface area contributed by atoms with Crippen LogP contribution in [0.5, 0.6) is 5.75 Å². The zero-order valence-corrected chi connectivity index (χ0v) is 19.4. The summed E-state index contributed by atoms with van der Waals surface area (Å²) in [6.07, 6.45) is 6.19. The summed E-state index contributed by atoms with van der Waals surface area (Å²) in [6, 6.07) is 7.41. The molecule has 0 saturated heterocycles. The highest BCUT2D eigenvalue weighted by Crippen LogP contribution is 2.37. The Morgan fingerprint density at radius 1 is 1.30 bits per heavy atom. The lowest BCUT2D eigenvalue weighted by molar-refractivity contribution is 0.0995. The third-order valence-electron chi connectivity index (χ3n) is 6.18. The first kappa shape index (κ1) is 22.1. The lowest BCUT2D eigenvalue weighted by Crippen LogP contribution is -2.42. The minimum atomic E-state index is -1.92. The molecular weight excluding hydrogens is 396 g/mol. The standard InChI is InChI=1S/C22H32N4O3Si/c1-22(2,3)30(4,5)29-14-17(26-13-19(21(23)28)24-15-26)9-11-25-10-8-16-12-18(27)6-7-20(16)25/h6-8,10,12-13,15,17,27H,9,11,14H2,1-5H3,(H2,23,28). The number of hydrogen-bond acceptors (Lipinski definition) is 4. The molecule has 3 N–H and O–H groups in total. The Balaban J connectivity index is 1.80. The zero-order chi connectivity index (χ0) is 22.1. The number of nitrogens with zero attached hydrogens (tertiary/aromatic N) is 3. The quantitative estimate of drug-likeness (QED) is 0.523. The maximum absolute atomic E-state index is 11.5. The van der Waals surface area contributed by atoms with Gasteiger partial charge in [-0.15, -0.1) is 0 Å². The second-order valence-electron chi connectivity index (χ2n) is 9.34. The Kier molecular flexibility index (Phi) is 6.10. The van der Waals surface area contributed by atoms with Crippen LogP contribution in [0.4, 0.5) is 0 Å². The molecule has 8 heteroatoms. The Morgan fingerprint density at radius 2 is 2.03 bits per heavy atom. The van der Waals surface area contributed by atoms with Crippen LogP contribution in [0.15, 0.2) is 43.0 Å². The number of primary amides is 1. The van der Waals surface area contributed by atoms with Crippen LogP contribution in [-0.4, -0.2) is 40.1 Å². The monoisotopic (exact) mass is 428 g/mol. The van der Waals surface area contributed by atoms with E-state index in [1.807, 2.05) is 22.9 Å². The highest BCUT2D eigenvalue weighted by atomic mass is 28.4. The fraction of sp³-hybridized carbons (Fsp3) is 0.455. The van der Waals surface area contributed by atoms with Gasteiger partial charge in [-0.1, -0.05) is 20.8 Å². The number of hydrogen-bond donors (Lipinski definition) is 2. The van der Waals surface area contributed by atoms with Gasteiger partial charge in [0.2, 0.25) is 0 Å². The van der Waals surface area contributed by atoms with Crippen molar-refractivity contribution in [2.45, 2.75) is 57.9 Å². The number of aryl methyl sites for hydroxylation is 1. The highest BCUT2D eigenvalue weighted by Gasteiger charge is 2.37. The van der Waals surface area contributed by atoms with E-state index >= 15 is 0 Å². The molecule has 0 aliphatic carbocycles. The predicted octanol–water partition coefficient (Wildman–Crippen LogP) is 4.30. The number of benzene rings is 1. The molecular formula is C22H32N4O3Si. The maximum Gasteiger partial charge on any atom is 0.268 e. The van der Waals surface area contributed by atoms with Crippen LogP contribution < -0.4 is 5.73 Å². The Hall–Kier alpha value is -2.58. The van der Waals surface area contributed by atoms with E-state index in [0.717, 1.165) is 23.9 Å². The number of phenolic OH excluding ortho intramolecular Hbond substituents is 1. The number of nitrogens with two attached hydrogens (primary N) is 1. The number of amides is 1. The summed E-state index contributed by atoms with van der Waals surface area (Å²) in [4.78, 5) is 15.6. The van der Waals surface area contributed by atoms with Crippen molar-refractivity contribution in [3.05, 3.63) is 48.7 Å². The molecule has 1 amide bonds. The average molecular weight is 429 g/mol. The molecule has 1 atom stereocenters. The predicted molar refractivity (Wildman–Crippen MR) is 121 cm³/mol. The average Bonchev–Trinajstić information content (AvgIpc) is 3.28. The van der Waals surface area contributed by atoms with E-state index in [4.69, 9.17) is 10.2 Å². The molecule has 7 nitrogen and oxygen atoms in total. The van der Waals surface area contributed by atoms with Gasteiger partial charge in [0, 0.05) is 29.8 Å². The summed E-state index contributed by atoms with van der Waals surface area (Å²) in [5.74, 6) is -0.271. The molecule has 3 aromatic rings. The molecule has 0 saturated carbocycles. The SMILES string of the molecule is CC(C)(C)[Si](C)(C)OCC(CCn1ccc2cc(O)ccc21)n1cnc(C(N)=O)c1. The summed E-state index contributed by atoms with van der Waals surface area (Å²) in [5, 5.41) is 10.8. The van der Waals surface area contributed by atoms with Crippen LogP contribution in [0, 0.1) is 0 Å². The number of aromatic hydroxyl groups is 1. The molecule has 0 radical (unpaired) electrons. The van der Waals surface area contributed by atoms with Gasteiger partial charge in [-0.2, -0.15) is 0 Å². The normalized spacial score (nSPS) is 13.6. The summed E-state index contributed by atoms with van der Waals surface area (Å²) >= 11 is 0. The van der Waals surface area contributed by atoms with Gasteiger partial charge in [-0.05, 0) is 48.8 Å². The van der Waals surface area contributed by atoms with E-state index in [1.165, 1.54) is 0 Å². The van der Waals surface area contributed by atoms with Gasteiger partial charge >= 0.3 is 0 Å². The van der Waals surface area contributed by atoms with Gasteiger partial charge in [0.05, 0.1) is 19.0 Å². The van der Waals surface area contributed by atoms with E-state index < -0.39 is 14.2 Å². The first-order valence-corrected chi connectivity index (χ1v) is 13.1. The minimum Gasteiger partial charge on any atom is -0.508 e. The van der Waals surface area contributed by atoms with Gasteiger partial charge in [0.25, 0.3) is 5.91 Å². The molecule has 2 aromatic heterocycles. The smallest absolute Gasteiger partial charge is 0.268 e. The molecule has 0 bridgehead atoms. The zero-order valence-electron chi connectivity index (χ0n) is 18.4. The van der Waals surface area contributed by atoms with Crippen LogP contribution in [0.2, 0.25) is 18.1 Å². The van der Waals surface area contributed by atoms with E-state index in [2.05, 4.69) is 43.4 Å². The van der Waals surface area contributed by atoms with Crippen molar-refractivity contribution in [3.8, 4) is 5.75 Å². The largest absolute Gasteiger partial charge is 0.508 e. The minimum absolute atomic E-state index is 0.0225. The molecule has 3 rings (SSSR count). The van der Waals surface area contributed by atoms with Gasteiger partial charge in [-0.3, -0.25) is 4.79 Å².